The Hall–Kier alpha value is -3.43. The molecule has 2 N–H and O–H groups in total. The summed E-state index contributed by atoms with van der Waals surface area (Å²) in [5.74, 6) is 1.32. The topological polar surface area (TPSA) is 97.6 Å². The van der Waals surface area contributed by atoms with Gasteiger partial charge in [-0.25, -0.2) is 9.97 Å². The highest BCUT2D eigenvalue weighted by molar-refractivity contribution is 7.98. The molecule has 8 nitrogen and oxygen atoms in total. The second-order valence-electron chi connectivity index (χ2n) is 7.56. The summed E-state index contributed by atoms with van der Waals surface area (Å²) in [5.41, 5.74) is 4.08. The Kier molecular flexibility index (Phi) is 7.44. The molecule has 4 aromatic rings. The fraction of sp³-hybridized carbons (Fsp3) is 0.208. The maximum atomic E-state index is 12.8. The number of amides is 1. The number of anilines is 3. The zero-order chi connectivity index (χ0) is 24.1. The predicted octanol–water partition coefficient (Wildman–Crippen LogP) is 5.65. The van der Waals surface area contributed by atoms with Crippen molar-refractivity contribution < 1.29 is 4.79 Å². The van der Waals surface area contributed by atoms with Gasteiger partial charge in [0.15, 0.2) is 5.16 Å². The molecule has 34 heavy (non-hydrogen) atoms. The average molecular weight is 494 g/mol. The number of halogens is 1. The second-order valence-corrected chi connectivity index (χ2v) is 8.91. The molecule has 1 amide bonds. The molecular weight excluding hydrogens is 470 g/mol. The largest absolute Gasteiger partial charge is 0.324 e. The molecule has 2 aromatic heterocycles. The molecule has 0 fully saturated rings. The van der Waals surface area contributed by atoms with E-state index in [0.29, 0.717) is 39.9 Å². The Morgan fingerprint density at radius 3 is 2.41 bits per heavy atom. The number of aromatic nitrogens is 5. The maximum Gasteiger partial charge on any atom is 0.258 e. The quantitative estimate of drug-likeness (QED) is 0.306. The van der Waals surface area contributed by atoms with Crippen molar-refractivity contribution in [3.63, 3.8) is 0 Å². The molecule has 0 aliphatic rings. The van der Waals surface area contributed by atoms with Crippen molar-refractivity contribution in [3.8, 4) is 0 Å². The first-order chi connectivity index (χ1) is 16.4. The van der Waals surface area contributed by atoms with Crippen LogP contribution in [0.1, 0.15) is 34.2 Å². The van der Waals surface area contributed by atoms with Crippen LogP contribution >= 0.6 is 23.4 Å². The van der Waals surface area contributed by atoms with Crippen molar-refractivity contribution in [1.82, 2.24) is 24.7 Å². The van der Waals surface area contributed by atoms with E-state index in [0.717, 1.165) is 22.6 Å². The van der Waals surface area contributed by atoms with Crippen LogP contribution in [-0.2, 0) is 12.3 Å². The van der Waals surface area contributed by atoms with E-state index in [1.54, 1.807) is 12.1 Å². The number of rotatable bonds is 8. The fourth-order valence-electron chi connectivity index (χ4n) is 3.32. The van der Waals surface area contributed by atoms with Gasteiger partial charge in [0, 0.05) is 40.0 Å². The lowest BCUT2D eigenvalue weighted by Gasteiger charge is -2.10. The molecule has 0 radical (unpaired) electrons. The molecule has 0 aliphatic heterocycles. The van der Waals surface area contributed by atoms with Crippen LogP contribution in [0.3, 0.4) is 0 Å². The highest BCUT2D eigenvalue weighted by Crippen LogP contribution is 2.27. The van der Waals surface area contributed by atoms with E-state index in [1.165, 1.54) is 11.8 Å². The predicted molar refractivity (Wildman–Crippen MR) is 136 cm³/mol. The normalized spacial score (nSPS) is 10.8. The Bertz CT molecular complexity index is 1290. The van der Waals surface area contributed by atoms with Gasteiger partial charge < -0.3 is 5.32 Å². The molecule has 2 aromatic carbocycles. The molecule has 0 unspecified atom stereocenters. The molecule has 0 aliphatic carbocycles. The summed E-state index contributed by atoms with van der Waals surface area (Å²) >= 11 is 7.77. The SMILES string of the molecule is CCn1c(NC(=O)c2ccc(Nc3nc(C)cc(C)n3)cc2)nnc1SCc1ccccc1Cl. The van der Waals surface area contributed by atoms with Gasteiger partial charge in [-0.2, -0.15) is 0 Å². The van der Waals surface area contributed by atoms with E-state index >= 15 is 0 Å². The molecule has 0 bridgehead atoms. The van der Waals surface area contributed by atoms with Gasteiger partial charge >= 0.3 is 0 Å². The van der Waals surface area contributed by atoms with Crippen LogP contribution < -0.4 is 10.6 Å². The standard InChI is InChI=1S/C24H24ClN7OS/c1-4-32-23(30-31-24(32)34-14-18-7-5-6-8-20(18)25)29-21(33)17-9-11-19(12-10-17)28-22-26-15(2)13-16(3)27-22/h5-13H,4,14H2,1-3H3,(H,26,27,28)(H,29,30,33). The molecule has 174 valence electrons. The summed E-state index contributed by atoms with van der Waals surface area (Å²) in [6, 6.07) is 16.7. The Morgan fingerprint density at radius 2 is 1.74 bits per heavy atom. The molecular formula is C24H24ClN7OS. The van der Waals surface area contributed by atoms with Gasteiger partial charge in [-0.05, 0) is 62.7 Å². The average Bonchev–Trinajstić information content (AvgIpc) is 3.19. The van der Waals surface area contributed by atoms with Gasteiger partial charge in [0.1, 0.15) is 0 Å². The summed E-state index contributed by atoms with van der Waals surface area (Å²) in [5, 5.41) is 15.9. The highest BCUT2D eigenvalue weighted by atomic mass is 35.5. The van der Waals surface area contributed by atoms with Crippen molar-refractivity contribution in [1.29, 1.82) is 0 Å². The van der Waals surface area contributed by atoms with Crippen molar-refractivity contribution in [2.24, 2.45) is 0 Å². The van der Waals surface area contributed by atoms with Gasteiger partial charge in [-0.3, -0.25) is 14.7 Å². The lowest BCUT2D eigenvalue weighted by atomic mass is 10.2. The van der Waals surface area contributed by atoms with E-state index < -0.39 is 0 Å². The number of benzene rings is 2. The lowest BCUT2D eigenvalue weighted by molar-refractivity contribution is 0.102. The summed E-state index contributed by atoms with van der Waals surface area (Å²) in [6.07, 6.45) is 0. The third-order valence-corrected chi connectivity index (χ3v) is 6.34. The van der Waals surface area contributed by atoms with E-state index in [-0.39, 0.29) is 5.91 Å². The van der Waals surface area contributed by atoms with Crippen molar-refractivity contribution in [2.75, 3.05) is 10.6 Å². The Morgan fingerprint density at radius 1 is 1.03 bits per heavy atom. The monoisotopic (exact) mass is 493 g/mol. The van der Waals surface area contributed by atoms with Crippen LogP contribution in [0.15, 0.2) is 59.8 Å². The van der Waals surface area contributed by atoms with Gasteiger partial charge in [0.25, 0.3) is 5.91 Å². The van der Waals surface area contributed by atoms with Crippen LogP contribution in [-0.4, -0.2) is 30.6 Å². The molecule has 4 rings (SSSR count). The number of hydrogen-bond acceptors (Lipinski definition) is 7. The van der Waals surface area contributed by atoms with Crippen LogP contribution in [0, 0.1) is 13.8 Å². The smallest absolute Gasteiger partial charge is 0.258 e. The van der Waals surface area contributed by atoms with Gasteiger partial charge in [-0.1, -0.05) is 41.6 Å². The number of carbonyl (C=O) groups is 1. The van der Waals surface area contributed by atoms with Crippen molar-refractivity contribution >= 4 is 46.9 Å². The van der Waals surface area contributed by atoms with Crippen LogP contribution in [0.25, 0.3) is 0 Å². The molecule has 0 saturated carbocycles. The number of hydrogen-bond donors (Lipinski definition) is 2. The van der Waals surface area contributed by atoms with E-state index in [2.05, 4.69) is 30.8 Å². The van der Waals surface area contributed by atoms with E-state index in [1.807, 2.05) is 67.8 Å². The number of aryl methyl sites for hydroxylation is 2. The van der Waals surface area contributed by atoms with Gasteiger partial charge in [0.2, 0.25) is 11.9 Å². The Balaban J connectivity index is 1.41. The summed E-state index contributed by atoms with van der Waals surface area (Å²) in [7, 11) is 0. The summed E-state index contributed by atoms with van der Waals surface area (Å²) < 4.78 is 1.87. The number of thioether (sulfide) groups is 1. The zero-order valence-electron chi connectivity index (χ0n) is 19.0. The zero-order valence-corrected chi connectivity index (χ0v) is 20.6. The second kappa shape index (κ2) is 10.7. The first kappa shape index (κ1) is 23.7. The minimum atomic E-state index is -0.265. The molecule has 2 heterocycles. The summed E-state index contributed by atoms with van der Waals surface area (Å²) in [6.45, 7) is 6.44. The third-order valence-electron chi connectivity index (χ3n) is 4.96. The van der Waals surface area contributed by atoms with E-state index in [9.17, 15) is 4.79 Å². The minimum Gasteiger partial charge on any atom is -0.324 e. The van der Waals surface area contributed by atoms with Crippen molar-refractivity contribution in [2.45, 2.75) is 38.2 Å². The third kappa shape index (κ3) is 5.73. The molecule has 0 atom stereocenters. The van der Waals surface area contributed by atoms with Crippen LogP contribution in [0.4, 0.5) is 17.6 Å². The van der Waals surface area contributed by atoms with Crippen molar-refractivity contribution in [3.05, 3.63) is 82.1 Å². The number of nitrogens with one attached hydrogen (secondary N) is 2. The maximum absolute atomic E-state index is 12.8. The minimum absolute atomic E-state index is 0.265. The summed E-state index contributed by atoms with van der Waals surface area (Å²) in [4.78, 5) is 21.6. The van der Waals surface area contributed by atoms with E-state index in [4.69, 9.17) is 11.6 Å². The number of carbonyl (C=O) groups excluding carboxylic acids is 1. The van der Waals surface area contributed by atoms with Gasteiger partial charge in [-0.15, -0.1) is 10.2 Å². The molecule has 0 spiro atoms. The first-order valence-electron chi connectivity index (χ1n) is 10.7. The number of nitrogens with zero attached hydrogens (tertiary/aromatic N) is 5. The Labute approximate surface area is 207 Å². The molecule has 0 saturated heterocycles. The lowest BCUT2D eigenvalue weighted by Crippen LogP contribution is -2.16. The fourth-order valence-corrected chi connectivity index (χ4v) is 4.61. The molecule has 10 heteroatoms. The van der Waals surface area contributed by atoms with Crippen LogP contribution in [0.5, 0.6) is 0 Å². The highest BCUT2D eigenvalue weighted by Gasteiger charge is 2.15. The van der Waals surface area contributed by atoms with Gasteiger partial charge in [0.05, 0.1) is 0 Å². The first-order valence-corrected chi connectivity index (χ1v) is 12.1. The van der Waals surface area contributed by atoms with Crippen LogP contribution in [0.2, 0.25) is 5.02 Å².